The highest BCUT2D eigenvalue weighted by atomic mass is 16.5. The van der Waals surface area contributed by atoms with Crippen LogP contribution in [0, 0.1) is 11.3 Å². The fourth-order valence-corrected chi connectivity index (χ4v) is 1.77. The number of nitriles is 1. The Kier molecular flexibility index (Phi) is 4.39. The lowest BCUT2D eigenvalue weighted by molar-refractivity contribution is -0.114. The molecule has 6 nitrogen and oxygen atoms in total. The summed E-state index contributed by atoms with van der Waals surface area (Å²) in [5.74, 6) is -0.371. The van der Waals surface area contributed by atoms with Crippen LogP contribution < -0.4 is 5.73 Å². The van der Waals surface area contributed by atoms with E-state index >= 15 is 0 Å². The van der Waals surface area contributed by atoms with E-state index in [1.54, 1.807) is 42.5 Å². The van der Waals surface area contributed by atoms with Crippen molar-refractivity contribution in [1.82, 2.24) is 0 Å². The summed E-state index contributed by atoms with van der Waals surface area (Å²) in [6.07, 6.45) is 1.27. The minimum Gasteiger partial charge on any atom is -0.465 e. The van der Waals surface area contributed by atoms with Gasteiger partial charge < -0.3 is 14.9 Å². The van der Waals surface area contributed by atoms with Gasteiger partial charge in [-0.25, -0.2) is 4.79 Å². The van der Waals surface area contributed by atoms with Crippen LogP contribution in [0.15, 0.2) is 46.4 Å². The number of hydrogen-bond donors (Lipinski definition) is 1. The first-order valence-electron chi connectivity index (χ1n) is 6.25. The zero-order valence-electron chi connectivity index (χ0n) is 11.7. The van der Waals surface area contributed by atoms with E-state index in [4.69, 9.17) is 15.4 Å². The number of esters is 1. The predicted molar refractivity (Wildman–Crippen MR) is 78.3 cm³/mol. The first-order chi connectivity index (χ1) is 10.5. The number of carbonyl (C=O) groups excluding carboxylic acids is 2. The second-order valence-electron chi connectivity index (χ2n) is 4.31. The van der Waals surface area contributed by atoms with Gasteiger partial charge in [-0.2, -0.15) is 5.26 Å². The van der Waals surface area contributed by atoms with Gasteiger partial charge in [-0.3, -0.25) is 4.79 Å². The smallest absolute Gasteiger partial charge is 0.337 e. The molecule has 0 unspecified atom stereocenters. The number of rotatable bonds is 4. The molecule has 0 atom stereocenters. The maximum Gasteiger partial charge on any atom is 0.337 e. The minimum absolute atomic E-state index is 0.193. The van der Waals surface area contributed by atoms with Crippen molar-refractivity contribution < 1.29 is 18.7 Å². The summed E-state index contributed by atoms with van der Waals surface area (Å²) in [5, 5.41) is 8.78. The molecule has 1 aromatic carbocycles. The summed E-state index contributed by atoms with van der Waals surface area (Å²) < 4.78 is 10.1. The van der Waals surface area contributed by atoms with Gasteiger partial charge in [-0.05, 0) is 24.3 Å². The predicted octanol–water partition coefficient (Wildman–Crippen LogP) is 2.13. The van der Waals surface area contributed by atoms with Gasteiger partial charge in [0.1, 0.15) is 23.2 Å². The molecule has 110 valence electrons. The molecule has 6 heteroatoms. The summed E-state index contributed by atoms with van der Waals surface area (Å²) in [6, 6.07) is 11.6. The lowest BCUT2D eigenvalue weighted by Crippen LogP contribution is -2.12. The van der Waals surface area contributed by atoms with E-state index in [0.29, 0.717) is 17.1 Å². The van der Waals surface area contributed by atoms with E-state index in [0.717, 1.165) is 5.56 Å². The number of nitrogens with zero attached hydrogens (tertiary/aromatic N) is 1. The van der Waals surface area contributed by atoms with E-state index in [2.05, 4.69) is 4.74 Å². The third-order valence-corrected chi connectivity index (χ3v) is 2.89. The fourth-order valence-electron chi connectivity index (χ4n) is 1.77. The normalized spacial score (nSPS) is 10.8. The molecule has 2 rings (SSSR count). The molecule has 0 fully saturated rings. The van der Waals surface area contributed by atoms with Crippen molar-refractivity contribution in [2.75, 3.05) is 7.11 Å². The van der Waals surface area contributed by atoms with Gasteiger partial charge in [0.25, 0.3) is 5.91 Å². The fraction of sp³-hybridized carbons (Fsp3) is 0.0625. The average Bonchev–Trinajstić information content (AvgIpc) is 3.00. The zero-order valence-corrected chi connectivity index (χ0v) is 11.7. The number of furan rings is 1. The molecule has 0 saturated carbocycles. The Balaban J connectivity index is 2.27. The molecule has 0 aliphatic heterocycles. The maximum absolute atomic E-state index is 11.4. The third kappa shape index (κ3) is 3.22. The van der Waals surface area contributed by atoms with Gasteiger partial charge in [0.05, 0.1) is 12.7 Å². The van der Waals surface area contributed by atoms with Crippen molar-refractivity contribution in [3.05, 3.63) is 53.3 Å². The Bertz CT molecular complexity index is 779. The summed E-state index contributed by atoms with van der Waals surface area (Å²) in [7, 11) is 1.31. The number of nitrogens with two attached hydrogens (primary N) is 1. The summed E-state index contributed by atoms with van der Waals surface area (Å²) in [6.45, 7) is 0. The zero-order chi connectivity index (χ0) is 16.1. The molecule has 0 aliphatic carbocycles. The van der Waals surface area contributed by atoms with Crippen molar-refractivity contribution in [2.45, 2.75) is 0 Å². The first kappa shape index (κ1) is 15.1. The van der Waals surface area contributed by atoms with Gasteiger partial charge in [0.2, 0.25) is 0 Å². The Labute approximate surface area is 126 Å². The van der Waals surface area contributed by atoms with Crippen molar-refractivity contribution in [1.29, 1.82) is 5.26 Å². The largest absolute Gasteiger partial charge is 0.465 e. The highest BCUT2D eigenvalue weighted by Crippen LogP contribution is 2.24. The Hall–Kier alpha value is -3.33. The van der Waals surface area contributed by atoms with E-state index in [1.807, 2.05) is 0 Å². The molecule has 22 heavy (non-hydrogen) atoms. The van der Waals surface area contributed by atoms with Crippen LogP contribution >= 0.6 is 0 Å². The molecule has 0 aliphatic rings. The monoisotopic (exact) mass is 296 g/mol. The molecule has 2 aromatic rings. The molecule has 0 spiro atoms. The molecule has 1 amide bonds. The van der Waals surface area contributed by atoms with Gasteiger partial charge >= 0.3 is 5.97 Å². The van der Waals surface area contributed by atoms with Crippen LogP contribution in [-0.2, 0) is 9.53 Å². The van der Waals surface area contributed by atoms with Gasteiger partial charge in [0.15, 0.2) is 0 Å². The first-order valence-corrected chi connectivity index (χ1v) is 6.25. The van der Waals surface area contributed by atoms with E-state index in [9.17, 15) is 9.59 Å². The molecule has 0 bridgehead atoms. The molecule has 0 radical (unpaired) electrons. The minimum atomic E-state index is -0.817. The number of amides is 1. The van der Waals surface area contributed by atoms with Crippen LogP contribution in [0.2, 0.25) is 0 Å². The third-order valence-electron chi connectivity index (χ3n) is 2.89. The SMILES string of the molecule is COC(=O)c1ccc(-c2ccc(C=C(C#N)C(N)=O)o2)cc1. The lowest BCUT2D eigenvalue weighted by Gasteiger charge is -2.00. The van der Waals surface area contributed by atoms with E-state index in [-0.39, 0.29) is 5.57 Å². The van der Waals surface area contributed by atoms with Crippen LogP contribution in [0.4, 0.5) is 0 Å². The summed E-state index contributed by atoms with van der Waals surface area (Å²) >= 11 is 0. The molecule has 1 aromatic heterocycles. The molecular weight excluding hydrogens is 284 g/mol. The van der Waals surface area contributed by atoms with Crippen LogP contribution in [0.3, 0.4) is 0 Å². The number of hydrogen-bond acceptors (Lipinski definition) is 5. The van der Waals surface area contributed by atoms with Crippen molar-refractivity contribution in [3.8, 4) is 17.4 Å². The molecule has 1 heterocycles. The van der Waals surface area contributed by atoms with E-state index in [1.165, 1.54) is 13.2 Å². The van der Waals surface area contributed by atoms with Gasteiger partial charge in [0, 0.05) is 11.6 Å². The Morgan fingerprint density at radius 2 is 1.91 bits per heavy atom. The van der Waals surface area contributed by atoms with Crippen molar-refractivity contribution in [2.24, 2.45) is 5.73 Å². The molecule has 0 saturated heterocycles. The summed E-state index contributed by atoms with van der Waals surface area (Å²) in [4.78, 5) is 22.3. The van der Waals surface area contributed by atoms with Crippen LogP contribution in [0.25, 0.3) is 17.4 Å². The van der Waals surface area contributed by atoms with Crippen molar-refractivity contribution in [3.63, 3.8) is 0 Å². The van der Waals surface area contributed by atoms with Crippen molar-refractivity contribution >= 4 is 18.0 Å². The van der Waals surface area contributed by atoms with Crippen LogP contribution in [0.1, 0.15) is 16.1 Å². The highest BCUT2D eigenvalue weighted by molar-refractivity contribution is 6.00. The van der Waals surface area contributed by atoms with E-state index < -0.39 is 11.9 Å². The average molecular weight is 296 g/mol. The number of carbonyl (C=O) groups is 2. The number of primary amides is 1. The highest BCUT2D eigenvalue weighted by Gasteiger charge is 2.09. The summed E-state index contributed by atoms with van der Waals surface area (Å²) in [5.41, 5.74) is 6.03. The second kappa shape index (κ2) is 6.41. The lowest BCUT2D eigenvalue weighted by atomic mass is 10.1. The number of ether oxygens (including phenoxy) is 1. The van der Waals surface area contributed by atoms with Gasteiger partial charge in [-0.15, -0.1) is 0 Å². The second-order valence-corrected chi connectivity index (χ2v) is 4.31. The van der Waals surface area contributed by atoms with Gasteiger partial charge in [-0.1, -0.05) is 12.1 Å². The molecule has 2 N–H and O–H groups in total. The molecular formula is C16H12N2O4. The number of benzene rings is 1. The van der Waals surface area contributed by atoms with Crippen LogP contribution in [0.5, 0.6) is 0 Å². The quantitative estimate of drug-likeness (QED) is 0.528. The Morgan fingerprint density at radius 3 is 2.45 bits per heavy atom. The van der Waals surface area contributed by atoms with Crippen LogP contribution in [-0.4, -0.2) is 19.0 Å². The topological polar surface area (TPSA) is 106 Å². The maximum atomic E-state index is 11.4. The Morgan fingerprint density at radius 1 is 1.23 bits per heavy atom. The number of methoxy groups -OCH3 is 1. The standard InChI is InChI=1S/C16H12N2O4/c1-21-16(20)11-4-2-10(3-5-11)14-7-6-13(22-14)8-12(9-17)15(18)19/h2-8H,1H3,(H2,18,19).